The van der Waals surface area contributed by atoms with Gasteiger partial charge in [0.2, 0.25) is 0 Å². The van der Waals surface area contributed by atoms with E-state index in [4.69, 9.17) is 0 Å². The quantitative estimate of drug-likeness (QED) is 0.193. The molecule has 5 nitrogen and oxygen atoms in total. The minimum atomic E-state index is -0.695. The zero-order chi connectivity index (χ0) is 8.85. The number of amides is 1. The number of carbonyl (C=O) groups excluding carboxylic acids is 1. The van der Waals surface area contributed by atoms with E-state index in [2.05, 4.69) is 9.57 Å². The fourth-order valence-corrected chi connectivity index (χ4v) is 0.341. The molecule has 0 aromatic rings. The standard InChI is InChI=1S/C6H11NO4.Na/c1-7(11-3)5(8)4-6(9)10-2;/h4,9H,1-3H3;/q;+1/p-1/b6-4+;. The first kappa shape index (κ1) is 14.3. The molecule has 12 heavy (non-hydrogen) atoms. The van der Waals surface area contributed by atoms with Gasteiger partial charge in [-0.3, -0.25) is 9.63 Å². The van der Waals surface area contributed by atoms with Crippen LogP contribution in [0.25, 0.3) is 0 Å². The number of methoxy groups -OCH3 is 1. The van der Waals surface area contributed by atoms with Gasteiger partial charge in [-0.2, -0.15) is 0 Å². The zero-order valence-corrected chi connectivity index (χ0v) is 9.66. The molecule has 64 valence electrons. The zero-order valence-electron chi connectivity index (χ0n) is 7.66. The van der Waals surface area contributed by atoms with Crippen LogP contribution in [0.1, 0.15) is 0 Å². The number of hydrogen-bond donors (Lipinski definition) is 0. The third-order valence-corrected chi connectivity index (χ3v) is 1.03. The second kappa shape index (κ2) is 7.42. The molecule has 0 fully saturated rings. The van der Waals surface area contributed by atoms with Crippen LogP contribution in [0, 0.1) is 0 Å². The molecule has 6 heteroatoms. The summed E-state index contributed by atoms with van der Waals surface area (Å²) in [7, 11) is 3.91. The van der Waals surface area contributed by atoms with Gasteiger partial charge >= 0.3 is 29.6 Å². The van der Waals surface area contributed by atoms with Gasteiger partial charge in [-0.1, -0.05) is 0 Å². The van der Waals surface area contributed by atoms with E-state index in [-0.39, 0.29) is 29.6 Å². The predicted molar refractivity (Wildman–Crippen MR) is 34.9 cm³/mol. The second-order valence-corrected chi connectivity index (χ2v) is 1.69. The Morgan fingerprint density at radius 1 is 1.50 bits per heavy atom. The van der Waals surface area contributed by atoms with E-state index in [1.165, 1.54) is 21.3 Å². The van der Waals surface area contributed by atoms with Crippen LogP contribution in [0.15, 0.2) is 12.0 Å². The van der Waals surface area contributed by atoms with Crippen molar-refractivity contribution in [3.63, 3.8) is 0 Å². The van der Waals surface area contributed by atoms with Crippen LogP contribution in [0.4, 0.5) is 0 Å². The summed E-state index contributed by atoms with van der Waals surface area (Å²) >= 11 is 0. The third kappa shape index (κ3) is 5.42. The Hall–Kier alpha value is -0.230. The van der Waals surface area contributed by atoms with Crippen LogP contribution >= 0.6 is 0 Å². The molecule has 0 unspecified atom stereocenters. The molecule has 0 aromatic carbocycles. The minimum Gasteiger partial charge on any atom is -0.616 e. The molecule has 0 saturated carbocycles. The van der Waals surface area contributed by atoms with Crippen molar-refractivity contribution in [3.05, 3.63) is 12.0 Å². The van der Waals surface area contributed by atoms with E-state index in [9.17, 15) is 9.90 Å². The molecule has 0 N–H and O–H groups in total. The van der Waals surface area contributed by atoms with Crippen LogP contribution in [0.5, 0.6) is 0 Å². The number of likely N-dealkylation sites (N-methyl/N-ethyl adjacent to an activating group) is 1. The minimum absolute atomic E-state index is 0. The smallest absolute Gasteiger partial charge is 0.616 e. The van der Waals surface area contributed by atoms with Crippen molar-refractivity contribution in [1.82, 2.24) is 5.06 Å². The van der Waals surface area contributed by atoms with Gasteiger partial charge in [-0.15, -0.1) is 0 Å². The molecule has 0 bridgehead atoms. The van der Waals surface area contributed by atoms with Gasteiger partial charge in [0.1, 0.15) is 0 Å². The summed E-state index contributed by atoms with van der Waals surface area (Å²) in [5.41, 5.74) is 0. The molecular weight excluding hydrogens is 173 g/mol. The molecule has 0 aliphatic rings. The van der Waals surface area contributed by atoms with Crippen molar-refractivity contribution < 1.29 is 49.0 Å². The fraction of sp³-hybridized carbons (Fsp3) is 0.500. The Morgan fingerprint density at radius 2 is 2.00 bits per heavy atom. The molecular formula is C6H10NNaO4. The Bertz CT molecular complexity index is 171. The number of hydrogen-bond acceptors (Lipinski definition) is 4. The molecule has 0 aliphatic carbocycles. The van der Waals surface area contributed by atoms with Crippen molar-refractivity contribution in [1.29, 1.82) is 0 Å². The summed E-state index contributed by atoms with van der Waals surface area (Å²) < 4.78 is 4.22. The first-order chi connectivity index (χ1) is 5.11. The summed E-state index contributed by atoms with van der Waals surface area (Å²) in [4.78, 5) is 15.3. The summed E-state index contributed by atoms with van der Waals surface area (Å²) in [5.74, 6) is -1.25. The second-order valence-electron chi connectivity index (χ2n) is 1.69. The average Bonchev–Trinajstić information content (AvgIpc) is 2.02. The Balaban J connectivity index is 0. The first-order valence-electron chi connectivity index (χ1n) is 2.86. The van der Waals surface area contributed by atoms with Gasteiger partial charge in [0, 0.05) is 13.1 Å². The molecule has 0 radical (unpaired) electrons. The average molecular weight is 183 g/mol. The largest absolute Gasteiger partial charge is 1.00 e. The van der Waals surface area contributed by atoms with Crippen molar-refractivity contribution in [2.75, 3.05) is 21.3 Å². The van der Waals surface area contributed by atoms with E-state index in [0.29, 0.717) is 0 Å². The molecule has 0 rings (SSSR count). The number of rotatable bonds is 3. The van der Waals surface area contributed by atoms with Crippen LogP contribution < -0.4 is 34.7 Å². The first-order valence-corrected chi connectivity index (χ1v) is 2.86. The van der Waals surface area contributed by atoms with Gasteiger partial charge in [0.05, 0.1) is 13.1 Å². The van der Waals surface area contributed by atoms with Crippen LogP contribution in [-0.4, -0.2) is 32.2 Å². The predicted octanol–water partition coefficient (Wildman–Crippen LogP) is -4.14. The van der Waals surface area contributed by atoms with Gasteiger partial charge in [0.15, 0.2) is 0 Å². The third-order valence-electron chi connectivity index (χ3n) is 1.03. The van der Waals surface area contributed by atoms with E-state index in [0.717, 1.165) is 11.1 Å². The van der Waals surface area contributed by atoms with Crippen molar-refractivity contribution >= 4 is 5.91 Å². The monoisotopic (exact) mass is 183 g/mol. The number of nitrogens with zero attached hydrogens (tertiary/aromatic N) is 1. The summed E-state index contributed by atoms with van der Waals surface area (Å²) in [6, 6.07) is 0. The Morgan fingerprint density at radius 3 is 2.33 bits per heavy atom. The summed E-state index contributed by atoms with van der Waals surface area (Å²) in [6.07, 6.45) is 0.795. The van der Waals surface area contributed by atoms with E-state index < -0.39 is 11.9 Å². The molecule has 0 saturated heterocycles. The number of ether oxygens (including phenoxy) is 1. The summed E-state index contributed by atoms with van der Waals surface area (Å²) in [6.45, 7) is 0. The van der Waals surface area contributed by atoms with Crippen molar-refractivity contribution in [3.8, 4) is 0 Å². The maximum atomic E-state index is 10.8. The van der Waals surface area contributed by atoms with Crippen LogP contribution in [0.3, 0.4) is 0 Å². The molecule has 0 aliphatic heterocycles. The molecule has 0 spiro atoms. The molecule has 0 atom stereocenters. The Labute approximate surface area is 93.2 Å². The van der Waals surface area contributed by atoms with Gasteiger partial charge in [0.25, 0.3) is 5.91 Å². The van der Waals surface area contributed by atoms with Gasteiger partial charge < -0.3 is 9.84 Å². The van der Waals surface area contributed by atoms with Crippen LogP contribution in [0.2, 0.25) is 0 Å². The molecule has 0 aromatic heterocycles. The molecule has 0 heterocycles. The maximum Gasteiger partial charge on any atom is 1.00 e. The normalized spacial score (nSPS) is 10.1. The Kier molecular flexibility index (Phi) is 8.84. The molecule has 1 amide bonds. The van der Waals surface area contributed by atoms with E-state index >= 15 is 0 Å². The van der Waals surface area contributed by atoms with Crippen LogP contribution in [-0.2, 0) is 14.4 Å². The van der Waals surface area contributed by atoms with E-state index in [1.54, 1.807) is 0 Å². The SMILES string of the molecule is CO/C([O-])=C/C(=O)N(C)OC.[Na+]. The summed E-state index contributed by atoms with van der Waals surface area (Å²) in [5, 5.41) is 11.4. The van der Waals surface area contributed by atoms with Crippen molar-refractivity contribution in [2.24, 2.45) is 0 Å². The van der Waals surface area contributed by atoms with Crippen molar-refractivity contribution in [2.45, 2.75) is 0 Å². The van der Waals surface area contributed by atoms with Gasteiger partial charge in [-0.05, 0) is 7.11 Å². The fourth-order valence-electron chi connectivity index (χ4n) is 0.341. The number of hydroxylamine groups is 2. The van der Waals surface area contributed by atoms with E-state index in [1.807, 2.05) is 0 Å². The maximum absolute atomic E-state index is 10.8. The topological polar surface area (TPSA) is 61.8 Å². The van der Waals surface area contributed by atoms with Gasteiger partial charge in [-0.25, -0.2) is 5.06 Å². The number of carbonyl (C=O) groups is 1.